The van der Waals surface area contributed by atoms with Gasteiger partial charge in [-0.2, -0.15) is 0 Å². The highest BCUT2D eigenvalue weighted by atomic mass is 16.4. The zero-order valence-electron chi connectivity index (χ0n) is 12.0. The maximum Gasteiger partial charge on any atom is 0.335 e. The Morgan fingerprint density at radius 2 is 1.86 bits per heavy atom. The molecule has 5 heteroatoms. The zero-order chi connectivity index (χ0) is 14.8. The van der Waals surface area contributed by atoms with Crippen LogP contribution in [0.4, 0.5) is 5.69 Å². The van der Waals surface area contributed by atoms with Gasteiger partial charge in [0, 0.05) is 25.3 Å². The molecule has 21 heavy (non-hydrogen) atoms. The number of carboxylic acid groups (broad SMARTS) is 1. The van der Waals surface area contributed by atoms with Crippen LogP contribution in [0.5, 0.6) is 0 Å². The first-order valence-corrected chi connectivity index (χ1v) is 7.54. The van der Waals surface area contributed by atoms with E-state index in [0.717, 1.165) is 50.1 Å². The molecular formula is C16H20N2O3. The van der Waals surface area contributed by atoms with Gasteiger partial charge in [0.15, 0.2) is 0 Å². The highest BCUT2D eigenvalue weighted by Crippen LogP contribution is 2.29. The number of anilines is 1. The summed E-state index contributed by atoms with van der Waals surface area (Å²) in [6.45, 7) is 2.86. The fraction of sp³-hybridized carbons (Fsp3) is 0.500. The Kier molecular flexibility index (Phi) is 3.82. The topological polar surface area (TPSA) is 60.9 Å². The van der Waals surface area contributed by atoms with E-state index in [0.29, 0.717) is 6.54 Å². The number of hydrogen-bond acceptors (Lipinski definition) is 3. The van der Waals surface area contributed by atoms with E-state index in [2.05, 4.69) is 0 Å². The third-order valence-corrected chi connectivity index (χ3v) is 4.36. The third-order valence-electron chi connectivity index (χ3n) is 4.36. The van der Waals surface area contributed by atoms with Gasteiger partial charge in [-0.15, -0.1) is 0 Å². The molecule has 2 aliphatic heterocycles. The van der Waals surface area contributed by atoms with Gasteiger partial charge in [-0.25, -0.2) is 4.79 Å². The molecule has 1 aromatic rings. The minimum absolute atomic E-state index is 0.156. The van der Waals surface area contributed by atoms with Crippen LogP contribution < -0.4 is 4.90 Å². The lowest BCUT2D eigenvalue weighted by Gasteiger charge is -2.29. The van der Waals surface area contributed by atoms with Gasteiger partial charge in [0.05, 0.1) is 12.1 Å². The second-order valence-corrected chi connectivity index (χ2v) is 5.76. The molecule has 0 aliphatic carbocycles. The van der Waals surface area contributed by atoms with Crippen molar-refractivity contribution in [1.29, 1.82) is 0 Å². The normalized spacial score (nSPS) is 17.7. The van der Waals surface area contributed by atoms with Gasteiger partial charge in [-0.05, 0) is 43.4 Å². The Labute approximate surface area is 124 Å². The summed E-state index contributed by atoms with van der Waals surface area (Å²) in [7, 11) is 0. The molecule has 2 heterocycles. The monoisotopic (exact) mass is 288 g/mol. The van der Waals surface area contributed by atoms with Crippen LogP contribution in [-0.4, -0.2) is 48.1 Å². The van der Waals surface area contributed by atoms with Crippen molar-refractivity contribution < 1.29 is 14.7 Å². The van der Waals surface area contributed by atoms with Crippen molar-refractivity contribution in [3.63, 3.8) is 0 Å². The molecule has 2 aliphatic rings. The first kappa shape index (κ1) is 13.9. The second-order valence-electron chi connectivity index (χ2n) is 5.76. The van der Waals surface area contributed by atoms with E-state index in [1.54, 1.807) is 12.1 Å². The lowest BCUT2D eigenvalue weighted by Crippen LogP contribution is -2.42. The number of benzene rings is 1. The molecule has 1 amide bonds. The Bertz CT molecular complexity index is 565. The molecule has 5 nitrogen and oxygen atoms in total. The lowest BCUT2D eigenvalue weighted by molar-refractivity contribution is -0.130. The standard InChI is InChI=1S/C16H20N2O3/c19-15(17-7-2-1-3-8-17)11-18-9-6-12-4-5-13(16(20)21)10-14(12)18/h4-5,10H,1-3,6-9,11H2,(H,20,21). The Hall–Kier alpha value is -2.04. The molecule has 1 aromatic carbocycles. The van der Waals surface area contributed by atoms with Gasteiger partial charge in [0.1, 0.15) is 0 Å². The van der Waals surface area contributed by atoms with Gasteiger partial charge < -0.3 is 14.9 Å². The fourth-order valence-electron chi connectivity index (χ4n) is 3.15. The molecule has 0 saturated carbocycles. The number of piperidine rings is 1. The van der Waals surface area contributed by atoms with E-state index in [9.17, 15) is 9.59 Å². The summed E-state index contributed by atoms with van der Waals surface area (Å²) >= 11 is 0. The molecule has 0 bridgehead atoms. The number of hydrogen-bond donors (Lipinski definition) is 1. The van der Waals surface area contributed by atoms with Crippen molar-refractivity contribution in [3.05, 3.63) is 29.3 Å². The molecule has 1 fully saturated rings. The Morgan fingerprint density at radius 1 is 1.10 bits per heavy atom. The summed E-state index contributed by atoms with van der Waals surface area (Å²) in [5.41, 5.74) is 2.32. The summed E-state index contributed by atoms with van der Waals surface area (Å²) < 4.78 is 0. The van der Waals surface area contributed by atoms with Crippen LogP contribution in [-0.2, 0) is 11.2 Å². The zero-order valence-corrected chi connectivity index (χ0v) is 12.0. The SMILES string of the molecule is O=C(O)c1ccc2c(c1)N(CC(=O)N1CCCCC1)CC2. The highest BCUT2D eigenvalue weighted by molar-refractivity contribution is 5.90. The van der Waals surface area contributed by atoms with Gasteiger partial charge in [-0.3, -0.25) is 4.79 Å². The predicted molar refractivity (Wildman–Crippen MR) is 79.7 cm³/mol. The van der Waals surface area contributed by atoms with Gasteiger partial charge in [0.2, 0.25) is 5.91 Å². The van der Waals surface area contributed by atoms with E-state index in [1.165, 1.54) is 6.42 Å². The molecule has 0 radical (unpaired) electrons. The molecule has 3 rings (SSSR count). The van der Waals surface area contributed by atoms with E-state index >= 15 is 0 Å². The number of rotatable bonds is 3. The van der Waals surface area contributed by atoms with Crippen molar-refractivity contribution >= 4 is 17.6 Å². The fourth-order valence-corrected chi connectivity index (χ4v) is 3.15. The summed E-state index contributed by atoms with van der Waals surface area (Å²) in [6.07, 6.45) is 4.26. The van der Waals surface area contributed by atoms with Crippen LogP contribution in [0, 0.1) is 0 Å². The number of carbonyl (C=O) groups is 2. The average molecular weight is 288 g/mol. The number of carbonyl (C=O) groups excluding carboxylic acids is 1. The van der Waals surface area contributed by atoms with Crippen LogP contribution >= 0.6 is 0 Å². The summed E-state index contributed by atoms with van der Waals surface area (Å²) in [5, 5.41) is 9.09. The molecule has 112 valence electrons. The lowest BCUT2D eigenvalue weighted by atomic mass is 10.1. The van der Waals surface area contributed by atoms with Crippen molar-refractivity contribution in [3.8, 4) is 0 Å². The number of aromatic carboxylic acids is 1. The largest absolute Gasteiger partial charge is 0.478 e. The minimum atomic E-state index is -0.924. The van der Waals surface area contributed by atoms with Crippen LogP contribution in [0.25, 0.3) is 0 Å². The maximum atomic E-state index is 12.4. The van der Waals surface area contributed by atoms with E-state index in [-0.39, 0.29) is 11.5 Å². The Balaban J connectivity index is 1.72. The number of fused-ring (bicyclic) bond motifs is 1. The van der Waals surface area contributed by atoms with E-state index in [1.807, 2.05) is 15.9 Å². The van der Waals surface area contributed by atoms with E-state index < -0.39 is 5.97 Å². The number of carboxylic acids is 1. The third kappa shape index (κ3) is 2.86. The average Bonchev–Trinajstić information content (AvgIpc) is 2.90. The first-order valence-electron chi connectivity index (χ1n) is 7.54. The minimum Gasteiger partial charge on any atom is -0.478 e. The highest BCUT2D eigenvalue weighted by Gasteiger charge is 2.25. The molecule has 1 saturated heterocycles. The van der Waals surface area contributed by atoms with Gasteiger partial charge >= 0.3 is 5.97 Å². The molecule has 0 aromatic heterocycles. The molecule has 0 unspecified atom stereocenters. The Morgan fingerprint density at radius 3 is 2.57 bits per heavy atom. The molecule has 0 spiro atoms. The maximum absolute atomic E-state index is 12.4. The van der Waals surface area contributed by atoms with Gasteiger partial charge in [-0.1, -0.05) is 6.07 Å². The quantitative estimate of drug-likeness (QED) is 0.920. The first-order chi connectivity index (χ1) is 10.1. The van der Waals surface area contributed by atoms with Crippen molar-refractivity contribution in [2.24, 2.45) is 0 Å². The van der Waals surface area contributed by atoms with Gasteiger partial charge in [0.25, 0.3) is 0 Å². The van der Waals surface area contributed by atoms with Crippen LogP contribution in [0.3, 0.4) is 0 Å². The van der Waals surface area contributed by atoms with Crippen molar-refractivity contribution in [1.82, 2.24) is 4.90 Å². The number of amides is 1. The van der Waals surface area contributed by atoms with Crippen LogP contribution in [0.2, 0.25) is 0 Å². The number of likely N-dealkylation sites (tertiary alicyclic amines) is 1. The van der Waals surface area contributed by atoms with Crippen LogP contribution in [0.15, 0.2) is 18.2 Å². The van der Waals surface area contributed by atoms with Crippen molar-refractivity contribution in [2.45, 2.75) is 25.7 Å². The molecule has 0 atom stereocenters. The summed E-state index contributed by atoms with van der Waals surface area (Å²) in [5.74, 6) is -0.768. The van der Waals surface area contributed by atoms with E-state index in [4.69, 9.17) is 5.11 Å². The van der Waals surface area contributed by atoms with Crippen LogP contribution in [0.1, 0.15) is 35.2 Å². The number of nitrogens with zero attached hydrogens (tertiary/aromatic N) is 2. The second kappa shape index (κ2) is 5.76. The smallest absolute Gasteiger partial charge is 0.335 e. The molecular weight excluding hydrogens is 268 g/mol. The summed E-state index contributed by atoms with van der Waals surface area (Å²) in [4.78, 5) is 27.4. The summed E-state index contributed by atoms with van der Waals surface area (Å²) in [6, 6.07) is 5.19. The van der Waals surface area contributed by atoms with Crippen molar-refractivity contribution in [2.75, 3.05) is 31.1 Å². The predicted octanol–water partition coefficient (Wildman–Crippen LogP) is 1.76. The molecule has 1 N–H and O–H groups in total.